The molecule has 1 saturated carbocycles. The zero-order valence-corrected chi connectivity index (χ0v) is 12.4. The van der Waals surface area contributed by atoms with Crippen LogP contribution < -0.4 is 5.73 Å². The van der Waals surface area contributed by atoms with Gasteiger partial charge in [0.15, 0.2) is 0 Å². The molecule has 0 radical (unpaired) electrons. The van der Waals surface area contributed by atoms with Crippen LogP contribution in [0.2, 0.25) is 5.02 Å². The minimum atomic E-state index is -0.451. The number of halogens is 2. The number of rotatable bonds is 2. The molecule has 0 amide bonds. The van der Waals surface area contributed by atoms with Crippen molar-refractivity contribution in [3.05, 3.63) is 23.0 Å². The summed E-state index contributed by atoms with van der Waals surface area (Å²) in [6, 6.07) is 2.98. The van der Waals surface area contributed by atoms with Crippen LogP contribution in [0.5, 0.6) is 0 Å². The largest absolute Gasteiger partial charge is 0.369 e. The number of benzene rings is 1. The fourth-order valence-electron chi connectivity index (χ4n) is 3.25. The standard InChI is InChI=1S/C15H19ClFN3/c1-15(5-3-2-4-6-15)9-20-13-7-10(16)11(17)8-12(13)19-14(20)18/h7-8H,2-6,9H2,1H3,(H2,18,19). The monoisotopic (exact) mass is 295 g/mol. The number of hydrogen-bond donors (Lipinski definition) is 1. The summed E-state index contributed by atoms with van der Waals surface area (Å²) >= 11 is 5.89. The van der Waals surface area contributed by atoms with E-state index in [1.165, 1.54) is 38.2 Å². The van der Waals surface area contributed by atoms with Gasteiger partial charge < -0.3 is 10.3 Å². The molecule has 3 rings (SSSR count). The van der Waals surface area contributed by atoms with Crippen molar-refractivity contribution < 1.29 is 4.39 Å². The van der Waals surface area contributed by atoms with Crippen LogP contribution in [0.15, 0.2) is 12.1 Å². The molecule has 1 aromatic heterocycles. The smallest absolute Gasteiger partial charge is 0.201 e. The number of aromatic nitrogens is 2. The van der Waals surface area contributed by atoms with Gasteiger partial charge in [-0.05, 0) is 24.3 Å². The Morgan fingerprint density at radius 2 is 2.05 bits per heavy atom. The zero-order chi connectivity index (χ0) is 14.3. The summed E-state index contributed by atoms with van der Waals surface area (Å²) in [6.07, 6.45) is 6.23. The van der Waals surface area contributed by atoms with Crippen molar-refractivity contribution in [2.24, 2.45) is 5.41 Å². The van der Waals surface area contributed by atoms with Gasteiger partial charge in [-0.3, -0.25) is 0 Å². The van der Waals surface area contributed by atoms with E-state index in [1.807, 2.05) is 4.57 Å². The first-order valence-electron chi connectivity index (χ1n) is 7.09. The molecule has 0 saturated heterocycles. The third-order valence-electron chi connectivity index (χ3n) is 4.42. The first-order chi connectivity index (χ1) is 9.48. The zero-order valence-electron chi connectivity index (χ0n) is 11.6. The first-order valence-corrected chi connectivity index (χ1v) is 7.47. The summed E-state index contributed by atoms with van der Waals surface area (Å²) in [4.78, 5) is 4.25. The number of hydrogen-bond acceptors (Lipinski definition) is 2. The number of nitrogens with two attached hydrogens (primary N) is 1. The average Bonchev–Trinajstić information content (AvgIpc) is 2.67. The highest BCUT2D eigenvalue weighted by Gasteiger charge is 2.28. The number of fused-ring (bicyclic) bond motifs is 1. The Morgan fingerprint density at radius 1 is 1.35 bits per heavy atom. The predicted octanol–water partition coefficient (Wildman–Crippen LogP) is 4.38. The second kappa shape index (κ2) is 4.92. The minimum absolute atomic E-state index is 0.118. The molecule has 0 aliphatic heterocycles. The van der Waals surface area contributed by atoms with Crippen molar-refractivity contribution in [2.75, 3.05) is 5.73 Å². The van der Waals surface area contributed by atoms with Gasteiger partial charge in [-0.1, -0.05) is 37.8 Å². The van der Waals surface area contributed by atoms with Gasteiger partial charge in [0.1, 0.15) is 5.82 Å². The normalized spacial score (nSPS) is 18.6. The molecule has 3 nitrogen and oxygen atoms in total. The van der Waals surface area contributed by atoms with E-state index in [9.17, 15) is 4.39 Å². The second-order valence-corrected chi connectivity index (χ2v) is 6.59. The molecule has 0 unspecified atom stereocenters. The highest BCUT2D eigenvalue weighted by atomic mass is 35.5. The summed E-state index contributed by atoms with van der Waals surface area (Å²) in [5, 5.41) is 0.118. The van der Waals surface area contributed by atoms with Crippen molar-refractivity contribution in [3.8, 4) is 0 Å². The van der Waals surface area contributed by atoms with Crippen molar-refractivity contribution in [1.82, 2.24) is 9.55 Å². The van der Waals surface area contributed by atoms with Crippen LogP contribution >= 0.6 is 11.6 Å². The van der Waals surface area contributed by atoms with E-state index in [1.54, 1.807) is 6.07 Å². The lowest BCUT2D eigenvalue weighted by Gasteiger charge is -2.34. The molecule has 1 aromatic carbocycles. The van der Waals surface area contributed by atoms with Gasteiger partial charge in [0.2, 0.25) is 5.95 Å². The van der Waals surface area contributed by atoms with Crippen molar-refractivity contribution in [1.29, 1.82) is 0 Å². The molecule has 0 atom stereocenters. The van der Waals surface area contributed by atoms with Crippen LogP contribution in [0.3, 0.4) is 0 Å². The van der Waals surface area contributed by atoms with Gasteiger partial charge >= 0.3 is 0 Å². The Kier molecular flexibility index (Phi) is 3.36. The summed E-state index contributed by atoms with van der Waals surface area (Å²) in [6.45, 7) is 3.11. The second-order valence-electron chi connectivity index (χ2n) is 6.18. The summed E-state index contributed by atoms with van der Waals surface area (Å²) < 4.78 is 15.5. The lowest BCUT2D eigenvalue weighted by Crippen LogP contribution is -2.26. The Labute approximate surface area is 122 Å². The molecule has 1 heterocycles. The predicted molar refractivity (Wildman–Crippen MR) is 80.3 cm³/mol. The molecule has 5 heteroatoms. The van der Waals surface area contributed by atoms with Gasteiger partial charge in [-0.15, -0.1) is 0 Å². The van der Waals surface area contributed by atoms with Crippen LogP contribution in [0, 0.1) is 11.2 Å². The van der Waals surface area contributed by atoms with Gasteiger partial charge in [0.25, 0.3) is 0 Å². The van der Waals surface area contributed by atoms with Crippen LogP contribution in [-0.2, 0) is 6.54 Å². The maximum atomic E-state index is 13.5. The maximum absolute atomic E-state index is 13.5. The molecule has 1 aliphatic rings. The Balaban J connectivity index is 2.02. The van der Waals surface area contributed by atoms with E-state index in [-0.39, 0.29) is 10.4 Å². The van der Waals surface area contributed by atoms with E-state index in [4.69, 9.17) is 17.3 Å². The molecule has 20 heavy (non-hydrogen) atoms. The van der Waals surface area contributed by atoms with Crippen molar-refractivity contribution >= 4 is 28.6 Å². The van der Waals surface area contributed by atoms with Gasteiger partial charge in [-0.2, -0.15) is 0 Å². The molecule has 2 N–H and O–H groups in total. The highest BCUT2D eigenvalue weighted by molar-refractivity contribution is 6.31. The van der Waals surface area contributed by atoms with E-state index in [0.717, 1.165) is 12.1 Å². The van der Waals surface area contributed by atoms with Crippen molar-refractivity contribution in [3.63, 3.8) is 0 Å². The highest BCUT2D eigenvalue weighted by Crippen LogP contribution is 2.38. The van der Waals surface area contributed by atoms with Crippen molar-refractivity contribution in [2.45, 2.75) is 45.6 Å². The van der Waals surface area contributed by atoms with Gasteiger partial charge in [-0.25, -0.2) is 9.37 Å². The quantitative estimate of drug-likeness (QED) is 0.893. The van der Waals surface area contributed by atoms with Crippen LogP contribution in [0.1, 0.15) is 39.0 Å². The number of imidazole rings is 1. The molecule has 0 bridgehead atoms. The first kappa shape index (κ1) is 13.7. The Morgan fingerprint density at radius 3 is 2.75 bits per heavy atom. The molecule has 0 spiro atoms. The van der Waals surface area contributed by atoms with Crippen LogP contribution in [0.25, 0.3) is 11.0 Å². The van der Waals surface area contributed by atoms with Crippen LogP contribution in [0.4, 0.5) is 10.3 Å². The summed E-state index contributed by atoms with van der Waals surface area (Å²) in [7, 11) is 0. The Bertz CT molecular complexity index is 644. The lowest BCUT2D eigenvalue weighted by atomic mass is 9.75. The number of anilines is 1. The third-order valence-corrected chi connectivity index (χ3v) is 4.71. The number of nitrogens with zero attached hydrogens (tertiary/aromatic N) is 2. The molecule has 1 fully saturated rings. The topological polar surface area (TPSA) is 43.8 Å². The Hall–Kier alpha value is -1.29. The van der Waals surface area contributed by atoms with Gasteiger partial charge in [0.05, 0.1) is 16.1 Å². The van der Waals surface area contributed by atoms with Crippen LogP contribution in [-0.4, -0.2) is 9.55 Å². The van der Waals surface area contributed by atoms with E-state index < -0.39 is 5.82 Å². The lowest BCUT2D eigenvalue weighted by molar-refractivity contribution is 0.186. The summed E-state index contributed by atoms with van der Waals surface area (Å²) in [5.41, 5.74) is 7.65. The fraction of sp³-hybridized carbons (Fsp3) is 0.533. The minimum Gasteiger partial charge on any atom is -0.369 e. The SMILES string of the molecule is CC1(Cn2c(N)nc3cc(F)c(Cl)cc32)CCCCC1. The summed E-state index contributed by atoms with van der Waals surface area (Å²) in [5.74, 6) is -0.0128. The average molecular weight is 296 g/mol. The van der Waals surface area contributed by atoms with E-state index >= 15 is 0 Å². The van der Waals surface area contributed by atoms with E-state index in [2.05, 4.69) is 11.9 Å². The van der Waals surface area contributed by atoms with E-state index in [0.29, 0.717) is 11.5 Å². The maximum Gasteiger partial charge on any atom is 0.201 e. The molecule has 1 aliphatic carbocycles. The number of nitrogen functional groups attached to an aromatic ring is 1. The molecule has 2 aromatic rings. The molecule has 108 valence electrons. The third kappa shape index (κ3) is 2.37. The van der Waals surface area contributed by atoms with Gasteiger partial charge in [0, 0.05) is 12.6 Å². The molecular formula is C15H19ClFN3. The fourth-order valence-corrected chi connectivity index (χ4v) is 3.41. The molecular weight excluding hydrogens is 277 g/mol.